The molecule has 0 aliphatic rings. The Labute approximate surface area is 160 Å². The third kappa shape index (κ3) is 3.75. The zero-order chi connectivity index (χ0) is 18.6. The van der Waals surface area contributed by atoms with Crippen molar-refractivity contribution in [3.63, 3.8) is 0 Å². The van der Waals surface area contributed by atoms with Gasteiger partial charge in [-0.2, -0.15) is 0 Å². The summed E-state index contributed by atoms with van der Waals surface area (Å²) in [5.74, 6) is -0.178. The Morgan fingerprint density at radius 1 is 0.889 bits per heavy atom. The minimum atomic E-state index is -0.178. The van der Waals surface area contributed by atoms with Gasteiger partial charge in [-0.25, -0.2) is 0 Å². The second-order valence-corrected chi connectivity index (χ2v) is 6.63. The van der Waals surface area contributed by atoms with Crippen LogP contribution in [0.5, 0.6) is 0 Å². The maximum atomic E-state index is 12.6. The first-order valence-corrected chi connectivity index (χ1v) is 9.26. The number of aryl methyl sites for hydroxylation is 1. The minimum Gasteiger partial charge on any atom is -0.322 e. The molecule has 132 valence electrons. The molecule has 0 aliphatic carbocycles. The number of nitrogens with one attached hydrogen (secondary N) is 1. The van der Waals surface area contributed by atoms with Crippen molar-refractivity contribution in [3.8, 4) is 22.5 Å². The second kappa shape index (κ2) is 7.47. The van der Waals surface area contributed by atoms with Crippen LogP contribution in [0.25, 0.3) is 22.5 Å². The summed E-state index contributed by atoms with van der Waals surface area (Å²) in [4.78, 5) is 17.2. The quantitative estimate of drug-likeness (QED) is 0.557. The van der Waals surface area contributed by atoms with Crippen molar-refractivity contribution in [1.82, 2.24) is 14.6 Å². The number of amides is 1. The summed E-state index contributed by atoms with van der Waals surface area (Å²) in [5, 5.41) is 8.85. The first-order chi connectivity index (χ1) is 13.2. The summed E-state index contributed by atoms with van der Waals surface area (Å²) in [5.41, 5.74) is 5.65. The number of nitrogens with zero attached hydrogens (tertiary/aromatic N) is 3. The number of hydrogen-bond donors (Lipinski definition) is 1. The fraction of sp³-hybridized carbons (Fsp3) is 0.0476. The summed E-state index contributed by atoms with van der Waals surface area (Å²) in [6.45, 7) is 1.85. The van der Waals surface area contributed by atoms with Crippen molar-refractivity contribution >= 4 is 23.1 Å². The molecule has 0 fully saturated rings. The minimum absolute atomic E-state index is 0.178. The van der Waals surface area contributed by atoms with Crippen LogP contribution < -0.4 is 5.32 Å². The van der Waals surface area contributed by atoms with Crippen molar-refractivity contribution in [2.75, 3.05) is 5.32 Å². The van der Waals surface area contributed by atoms with Gasteiger partial charge in [-0.05, 0) is 42.7 Å². The topological polar surface area (TPSA) is 67.8 Å². The molecule has 5 nitrogen and oxygen atoms in total. The predicted octanol–water partition coefficient (Wildman–Crippen LogP) is 4.83. The predicted molar refractivity (Wildman–Crippen MR) is 108 cm³/mol. The number of pyridine rings is 1. The number of rotatable bonds is 4. The summed E-state index contributed by atoms with van der Waals surface area (Å²) < 4.78 is 3.86. The molecule has 27 heavy (non-hydrogen) atoms. The molecule has 0 bridgehead atoms. The molecule has 1 amide bonds. The van der Waals surface area contributed by atoms with Gasteiger partial charge in [0.15, 0.2) is 0 Å². The lowest BCUT2D eigenvalue weighted by atomic mass is 10.1. The van der Waals surface area contributed by atoms with E-state index in [2.05, 4.69) is 19.9 Å². The van der Waals surface area contributed by atoms with E-state index in [-0.39, 0.29) is 5.91 Å². The van der Waals surface area contributed by atoms with Crippen LogP contribution in [0.2, 0.25) is 0 Å². The van der Waals surface area contributed by atoms with Crippen molar-refractivity contribution in [2.45, 2.75) is 6.92 Å². The Hall–Kier alpha value is -3.38. The number of benzene rings is 2. The lowest BCUT2D eigenvalue weighted by molar-refractivity contribution is 0.102. The number of hydrogen-bond acceptors (Lipinski definition) is 5. The Kier molecular flexibility index (Phi) is 4.72. The number of carbonyl (C=O) groups excluding carboxylic acids is 1. The molecular weight excluding hydrogens is 356 g/mol. The Balaban J connectivity index is 1.51. The SMILES string of the molecule is Cc1nc(-c2ccccc2)ccc1C(=O)Nc1ccc(-c2csnn2)cc1. The molecule has 1 N–H and O–H groups in total. The van der Waals surface area contributed by atoms with E-state index in [4.69, 9.17) is 0 Å². The molecule has 0 saturated carbocycles. The largest absolute Gasteiger partial charge is 0.322 e. The molecule has 6 heteroatoms. The fourth-order valence-corrected chi connectivity index (χ4v) is 3.25. The van der Waals surface area contributed by atoms with Crippen LogP contribution in [-0.4, -0.2) is 20.5 Å². The second-order valence-electron chi connectivity index (χ2n) is 6.02. The third-order valence-electron chi connectivity index (χ3n) is 4.20. The van der Waals surface area contributed by atoms with Gasteiger partial charge in [0.1, 0.15) is 5.69 Å². The lowest BCUT2D eigenvalue weighted by Crippen LogP contribution is -2.14. The zero-order valence-corrected chi connectivity index (χ0v) is 15.4. The zero-order valence-electron chi connectivity index (χ0n) is 14.6. The molecule has 2 aromatic carbocycles. The first kappa shape index (κ1) is 17.1. The molecule has 0 spiro atoms. The van der Waals surface area contributed by atoms with E-state index >= 15 is 0 Å². The number of aromatic nitrogens is 3. The molecule has 4 rings (SSSR count). The van der Waals surface area contributed by atoms with E-state index in [0.717, 1.165) is 28.2 Å². The third-order valence-corrected chi connectivity index (χ3v) is 4.70. The maximum absolute atomic E-state index is 12.6. The first-order valence-electron chi connectivity index (χ1n) is 8.42. The molecule has 4 aromatic rings. The summed E-state index contributed by atoms with van der Waals surface area (Å²) in [7, 11) is 0. The van der Waals surface area contributed by atoms with E-state index in [1.54, 1.807) is 0 Å². The Morgan fingerprint density at radius 2 is 1.63 bits per heavy atom. The van der Waals surface area contributed by atoms with Gasteiger partial charge >= 0.3 is 0 Å². The fourth-order valence-electron chi connectivity index (χ4n) is 2.78. The van der Waals surface area contributed by atoms with Gasteiger partial charge in [-0.3, -0.25) is 9.78 Å². The summed E-state index contributed by atoms with van der Waals surface area (Å²) >= 11 is 1.31. The van der Waals surface area contributed by atoms with Crippen LogP contribution >= 0.6 is 11.5 Å². The summed E-state index contributed by atoms with van der Waals surface area (Å²) in [6, 6.07) is 21.1. The molecule has 0 saturated heterocycles. The van der Waals surface area contributed by atoms with E-state index in [1.807, 2.05) is 79.0 Å². The average Bonchev–Trinajstić information content (AvgIpc) is 3.24. The molecule has 2 heterocycles. The van der Waals surface area contributed by atoms with Gasteiger partial charge in [-0.15, -0.1) is 5.10 Å². The molecule has 2 aromatic heterocycles. The number of anilines is 1. The van der Waals surface area contributed by atoms with Gasteiger partial charge in [0, 0.05) is 22.2 Å². The van der Waals surface area contributed by atoms with Crippen molar-refractivity contribution in [3.05, 3.63) is 83.4 Å². The molecule has 0 radical (unpaired) electrons. The maximum Gasteiger partial charge on any atom is 0.257 e. The van der Waals surface area contributed by atoms with Gasteiger partial charge in [-0.1, -0.05) is 47.0 Å². The lowest BCUT2D eigenvalue weighted by Gasteiger charge is -2.09. The van der Waals surface area contributed by atoms with Crippen LogP contribution in [0.3, 0.4) is 0 Å². The monoisotopic (exact) mass is 372 g/mol. The molecular formula is C21H16N4OS. The molecule has 0 aliphatic heterocycles. The summed E-state index contributed by atoms with van der Waals surface area (Å²) in [6.07, 6.45) is 0. The van der Waals surface area contributed by atoms with Crippen molar-refractivity contribution in [2.24, 2.45) is 0 Å². The van der Waals surface area contributed by atoms with Gasteiger partial charge in [0.05, 0.1) is 17.0 Å². The smallest absolute Gasteiger partial charge is 0.257 e. The standard InChI is InChI=1S/C21H16N4OS/c1-14-18(11-12-19(22-14)15-5-3-2-4-6-15)21(26)23-17-9-7-16(8-10-17)20-13-27-25-24-20/h2-13H,1H3,(H,23,26). The van der Waals surface area contributed by atoms with E-state index in [1.165, 1.54) is 11.5 Å². The molecule has 0 unspecified atom stereocenters. The van der Waals surface area contributed by atoms with Gasteiger partial charge in [0.25, 0.3) is 5.91 Å². The van der Waals surface area contributed by atoms with Crippen molar-refractivity contribution in [1.29, 1.82) is 0 Å². The van der Waals surface area contributed by atoms with Crippen LogP contribution in [0.4, 0.5) is 5.69 Å². The Morgan fingerprint density at radius 3 is 2.30 bits per heavy atom. The molecule has 0 atom stereocenters. The van der Waals surface area contributed by atoms with Crippen LogP contribution in [0.15, 0.2) is 72.1 Å². The highest BCUT2D eigenvalue weighted by Gasteiger charge is 2.12. The highest BCUT2D eigenvalue weighted by Crippen LogP contribution is 2.22. The average molecular weight is 372 g/mol. The highest BCUT2D eigenvalue weighted by atomic mass is 32.1. The van der Waals surface area contributed by atoms with Crippen molar-refractivity contribution < 1.29 is 4.79 Å². The van der Waals surface area contributed by atoms with E-state index < -0.39 is 0 Å². The van der Waals surface area contributed by atoms with Gasteiger partial charge < -0.3 is 5.32 Å². The van der Waals surface area contributed by atoms with Crippen LogP contribution in [-0.2, 0) is 0 Å². The van der Waals surface area contributed by atoms with E-state index in [9.17, 15) is 4.79 Å². The number of carbonyl (C=O) groups is 1. The highest BCUT2D eigenvalue weighted by molar-refractivity contribution is 7.03. The van der Waals surface area contributed by atoms with Gasteiger partial charge in [0.2, 0.25) is 0 Å². The van der Waals surface area contributed by atoms with Crippen LogP contribution in [0.1, 0.15) is 16.1 Å². The normalized spacial score (nSPS) is 10.6. The Bertz CT molecular complexity index is 1060. The van der Waals surface area contributed by atoms with E-state index in [0.29, 0.717) is 11.3 Å². The van der Waals surface area contributed by atoms with Crippen LogP contribution in [0, 0.1) is 6.92 Å².